The van der Waals surface area contributed by atoms with Gasteiger partial charge in [0, 0.05) is 5.56 Å². The first kappa shape index (κ1) is 13.7. The number of carboxylic acids is 1. The van der Waals surface area contributed by atoms with Crippen molar-refractivity contribution in [2.45, 2.75) is 18.3 Å². The molecule has 1 amide bonds. The number of thioether (sulfide) groups is 1. The molecule has 1 aromatic carbocycles. The van der Waals surface area contributed by atoms with Crippen molar-refractivity contribution in [3.05, 3.63) is 29.8 Å². The molecule has 19 heavy (non-hydrogen) atoms. The number of methoxy groups -OCH3 is 1. The number of nitrogens with zero attached hydrogens (tertiary/aromatic N) is 1. The molecule has 1 aliphatic rings. The van der Waals surface area contributed by atoms with Gasteiger partial charge in [0.05, 0.1) is 12.9 Å². The topological polar surface area (TPSA) is 66.8 Å². The molecule has 2 atom stereocenters. The number of aliphatic carboxylic acids is 1. The van der Waals surface area contributed by atoms with Gasteiger partial charge in [-0.05, 0) is 13.0 Å². The molecular weight excluding hydrogens is 266 g/mol. The van der Waals surface area contributed by atoms with Crippen molar-refractivity contribution in [1.82, 2.24) is 4.90 Å². The van der Waals surface area contributed by atoms with E-state index < -0.39 is 12.0 Å². The Labute approximate surface area is 115 Å². The highest BCUT2D eigenvalue weighted by atomic mass is 32.2. The highest BCUT2D eigenvalue weighted by Crippen LogP contribution is 2.43. The molecule has 5 nitrogen and oxygen atoms in total. The zero-order valence-corrected chi connectivity index (χ0v) is 11.5. The van der Waals surface area contributed by atoms with E-state index >= 15 is 0 Å². The van der Waals surface area contributed by atoms with E-state index in [1.54, 1.807) is 7.11 Å². The summed E-state index contributed by atoms with van der Waals surface area (Å²) in [4.78, 5) is 24.4. The van der Waals surface area contributed by atoms with Crippen LogP contribution >= 0.6 is 11.8 Å². The highest BCUT2D eigenvalue weighted by molar-refractivity contribution is 8.00. The number of rotatable bonds is 4. The van der Waals surface area contributed by atoms with Crippen molar-refractivity contribution in [3.63, 3.8) is 0 Å². The maximum absolute atomic E-state index is 11.9. The summed E-state index contributed by atoms with van der Waals surface area (Å²) in [6.45, 7) is 1.52. The molecule has 1 saturated heterocycles. The lowest BCUT2D eigenvalue weighted by Crippen LogP contribution is -2.41. The number of ether oxygens (including phenoxy) is 1. The lowest BCUT2D eigenvalue weighted by Gasteiger charge is -2.28. The SMILES string of the molecule is COc1ccccc1C1SCC(=O)N1[C@@H](C)C(=O)O. The summed E-state index contributed by atoms with van der Waals surface area (Å²) < 4.78 is 5.28. The van der Waals surface area contributed by atoms with Crippen LogP contribution in [0, 0.1) is 0 Å². The van der Waals surface area contributed by atoms with Gasteiger partial charge in [0.2, 0.25) is 5.91 Å². The smallest absolute Gasteiger partial charge is 0.326 e. The third-order valence-corrected chi connectivity index (χ3v) is 4.30. The van der Waals surface area contributed by atoms with E-state index in [2.05, 4.69) is 0 Å². The molecule has 0 aliphatic carbocycles. The average Bonchev–Trinajstić information content (AvgIpc) is 2.79. The Hall–Kier alpha value is -1.69. The number of amides is 1. The van der Waals surface area contributed by atoms with Crippen molar-refractivity contribution in [2.75, 3.05) is 12.9 Å². The highest BCUT2D eigenvalue weighted by Gasteiger charge is 2.39. The predicted molar refractivity (Wildman–Crippen MR) is 72.1 cm³/mol. The predicted octanol–water partition coefficient (Wildman–Crippen LogP) is 1.74. The fourth-order valence-electron chi connectivity index (χ4n) is 2.08. The average molecular weight is 281 g/mol. The van der Waals surface area contributed by atoms with Gasteiger partial charge in [-0.1, -0.05) is 18.2 Å². The van der Waals surface area contributed by atoms with E-state index in [4.69, 9.17) is 9.84 Å². The standard InChI is InChI=1S/C13H15NO4S/c1-8(13(16)17)14-11(15)7-19-12(14)9-5-3-4-6-10(9)18-2/h3-6,8,12H,7H2,1-2H3,(H,16,17)/t8-,12?/m0/s1. The molecule has 1 N–H and O–H groups in total. The second-order valence-electron chi connectivity index (χ2n) is 4.22. The summed E-state index contributed by atoms with van der Waals surface area (Å²) in [7, 11) is 1.56. The molecule has 0 radical (unpaired) electrons. The lowest BCUT2D eigenvalue weighted by atomic mass is 10.1. The van der Waals surface area contributed by atoms with Crippen LogP contribution in [-0.4, -0.2) is 40.8 Å². The molecule has 1 aliphatic heterocycles. The van der Waals surface area contributed by atoms with E-state index in [1.165, 1.54) is 23.6 Å². The third-order valence-electron chi connectivity index (χ3n) is 3.08. The first-order valence-electron chi connectivity index (χ1n) is 5.84. The van der Waals surface area contributed by atoms with Gasteiger partial charge in [0.1, 0.15) is 17.2 Å². The van der Waals surface area contributed by atoms with Crippen LogP contribution in [0.1, 0.15) is 17.9 Å². The van der Waals surface area contributed by atoms with Crippen molar-refractivity contribution >= 4 is 23.6 Å². The molecule has 1 heterocycles. The van der Waals surface area contributed by atoms with Crippen LogP contribution in [0.3, 0.4) is 0 Å². The lowest BCUT2D eigenvalue weighted by molar-refractivity contribution is -0.148. The molecule has 0 spiro atoms. The minimum absolute atomic E-state index is 0.157. The van der Waals surface area contributed by atoms with E-state index in [1.807, 2.05) is 24.3 Å². The largest absolute Gasteiger partial charge is 0.496 e. The zero-order valence-electron chi connectivity index (χ0n) is 10.7. The molecule has 0 bridgehead atoms. The molecule has 0 aromatic heterocycles. The van der Waals surface area contributed by atoms with Crippen LogP contribution < -0.4 is 4.74 Å². The van der Waals surface area contributed by atoms with Crippen molar-refractivity contribution in [3.8, 4) is 5.75 Å². The Kier molecular flexibility index (Phi) is 3.99. The fourth-order valence-corrected chi connectivity index (χ4v) is 3.37. The van der Waals surface area contributed by atoms with Crippen LogP contribution in [0.25, 0.3) is 0 Å². The van der Waals surface area contributed by atoms with Crippen LogP contribution in [0.5, 0.6) is 5.75 Å². The Bertz CT molecular complexity index is 505. The Morgan fingerprint density at radius 2 is 2.21 bits per heavy atom. The van der Waals surface area contributed by atoms with Crippen LogP contribution in [0.4, 0.5) is 0 Å². The molecular formula is C13H15NO4S. The van der Waals surface area contributed by atoms with Gasteiger partial charge >= 0.3 is 5.97 Å². The quantitative estimate of drug-likeness (QED) is 0.910. The van der Waals surface area contributed by atoms with E-state index in [0.717, 1.165) is 5.56 Å². The van der Waals surface area contributed by atoms with Gasteiger partial charge in [0.15, 0.2) is 0 Å². The number of para-hydroxylation sites is 1. The summed E-state index contributed by atoms with van der Waals surface area (Å²) in [5, 5.41) is 8.81. The third kappa shape index (κ3) is 2.53. The van der Waals surface area contributed by atoms with Gasteiger partial charge in [-0.2, -0.15) is 0 Å². The van der Waals surface area contributed by atoms with Gasteiger partial charge < -0.3 is 14.7 Å². The number of carbonyl (C=O) groups excluding carboxylic acids is 1. The molecule has 102 valence electrons. The molecule has 2 rings (SSSR count). The number of benzene rings is 1. The molecule has 1 fully saturated rings. The van der Waals surface area contributed by atoms with E-state index in [0.29, 0.717) is 11.5 Å². The van der Waals surface area contributed by atoms with Gasteiger partial charge in [-0.3, -0.25) is 4.79 Å². The van der Waals surface area contributed by atoms with Crippen LogP contribution in [-0.2, 0) is 9.59 Å². The zero-order chi connectivity index (χ0) is 14.0. The molecule has 0 saturated carbocycles. The number of carboxylic acid groups (broad SMARTS) is 1. The second kappa shape index (κ2) is 5.52. The minimum Gasteiger partial charge on any atom is -0.496 e. The molecule has 6 heteroatoms. The van der Waals surface area contributed by atoms with Crippen LogP contribution in [0.15, 0.2) is 24.3 Å². The first-order chi connectivity index (χ1) is 9.06. The minimum atomic E-state index is -1.00. The summed E-state index contributed by atoms with van der Waals surface area (Å²) in [5.41, 5.74) is 0.828. The van der Waals surface area contributed by atoms with Crippen molar-refractivity contribution < 1.29 is 19.4 Å². The molecule has 1 unspecified atom stereocenters. The number of hydrogen-bond donors (Lipinski definition) is 1. The second-order valence-corrected chi connectivity index (χ2v) is 5.29. The van der Waals surface area contributed by atoms with Gasteiger partial charge in [-0.25, -0.2) is 4.79 Å². The Balaban J connectivity index is 2.37. The first-order valence-corrected chi connectivity index (χ1v) is 6.89. The summed E-state index contributed by atoms with van der Waals surface area (Å²) in [6.07, 6.45) is 0. The summed E-state index contributed by atoms with van der Waals surface area (Å²) in [6, 6.07) is 6.51. The molecule has 1 aromatic rings. The monoisotopic (exact) mass is 281 g/mol. The van der Waals surface area contributed by atoms with Crippen LogP contribution in [0.2, 0.25) is 0 Å². The Morgan fingerprint density at radius 3 is 2.84 bits per heavy atom. The van der Waals surface area contributed by atoms with Crippen molar-refractivity contribution in [1.29, 1.82) is 0 Å². The normalized spacial score (nSPS) is 20.4. The maximum Gasteiger partial charge on any atom is 0.326 e. The van der Waals surface area contributed by atoms with Gasteiger partial charge in [-0.15, -0.1) is 11.8 Å². The summed E-state index contributed by atoms with van der Waals surface area (Å²) in [5.74, 6) is -0.204. The number of hydrogen-bond acceptors (Lipinski definition) is 4. The van der Waals surface area contributed by atoms with E-state index in [-0.39, 0.29) is 11.3 Å². The van der Waals surface area contributed by atoms with Crippen molar-refractivity contribution in [2.24, 2.45) is 0 Å². The van der Waals surface area contributed by atoms with E-state index in [9.17, 15) is 9.59 Å². The summed E-state index contributed by atoms with van der Waals surface area (Å²) >= 11 is 1.42. The fraction of sp³-hybridized carbons (Fsp3) is 0.385. The number of carbonyl (C=O) groups is 2. The Morgan fingerprint density at radius 1 is 1.53 bits per heavy atom. The maximum atomic E-state index is 11.9. The van der Waals surface area contributed by atoms with Gasteiger partial charge in [0.25, 0.3) is 0 Å².